The highest BCUT2D eigenvalue weighted by molar-refractivity contribution is 5.76. The molecule has 136 valence electrons. The lowest BCUT2D eigenvalue weighted by molar-refractivity contribution is -0.123. The molecule has 0 aliphatic heterocycles. The summed E-state index contributed by atoms with van der Waals surface area (Å²) in [6.45, 7) is 13.1. The Balaban J connectivity index is 2.61. The minimum absolute atomic E-state index is 0.0932. The lowest BCUT2D eigenvalue weighted by Crippen LogP contribution is -2.44. The van der Waals surface area contributed by atoms with Crippen LogP contribution in [0.15, 0.2) is 10.9 Å². The quantitative estimate of drug-likeness (QED) is 0.916. The van der Waals surface area contributed by atoms with Gasteiger partial charge in [-0.2, -0.15) is 5.10 Å². The number of rotatable bonds is 4. The molecule has 0 saturated carbocycles. The van der Waals surface area contributed by atoms with Gasteiger partial charge in [0.2, 0.25) is 11.9 Å². The van der Waals surface area contributed by atoms with Crippen LogP contribution in [0.25, 0.3) is 5.95 Å². The number of nitrogens with one attached hydrogen (secondary N) is 1. The number of nitrogens with zero attached hydrogens (tertiary/aromatic N) is 4. The van der Waals surface area contributed by atoms with Crippen LogP contribution < -0.4 is 10.9 Å². The van der Waals surface area contributed by atoms with Gasteiger partial charge in [0.1, 0.15) is 6.54 Å². The lowest BCUT2D eigenvalue weighted by Gasteiger charge is -2.22. The van der Waals surface area contributed by atoms with Gasteiger partial charge in [0, 0.05) is 16.8 Å². The van der Waals surface area contributed by atoms with Gasteiger partial charge < -0.3 is 5.32 Å². The first kappa shape index (κ1) is 18.9. The summed E-state index contributed by atoms with van der Waals surface area (Å²) in [5, 5.41) is 7.31. The van der Waals surface area contributed by atoms with Gasteiger partial charge in [-0.3, -0.25) is 14.2 Å². The highest BCUT2D eigenvalue weighted by Crippen LogP contribution is 2.12. The van der Waals surface area contributed by atoms with E-state index in [-0.39, 0.29) is 23.6 Å². The third kappa shape index (κ3) is 4.15. The van der Waals surface area contributed by atoms with E-state index < -0.39 is 0 Å². The Morgan fingerprint density at radius 2 is 1.88 bits per heavy atom. The Bertz CT molecular complexity index is 856. The van der Waals surface area contributed by atoms with Gasteiger partial charge in [-0.1, -0.05) is 6.92 Å². The van der Waals surface area contributed by atoms with E-state index >= 15 is 0 Å². The minimum atomic E-state index is -0.370. The summed E-state index contributed by atoms with van der Waals surface area (Å²) in [6.07, 6.45) is 0.565. The molecule has 2 aromatic heterocycles. The summed E-state index contributed by atoms with van der Waals surface area (Å²) in [5.41, 5.74) is 2.41. The second-order valence-corrected chi connectivity index (χ2v) is 7.36. The maximum atomic E-state index is 12.9. The molecule has 0 bridgehead atoms. The highest BCUT2D eigenvalue weighted by Gasteiger charge is 2.20. The third-order valence-corrected chi connectivity index (χ3v) is 3.82. The Morgan fingerprint density at radius 1 is 1.24 bits per heavy atom. The molecule has 1 N–H and O–H groups in total. The predicted molar refractivity (Wildman–Crippen MR) is 97.1 cm³/mol. The molecule has 2 rings (SSSR count). The van der Waals surface area contributed by atoms with Crippen LogP contribution in [-0.2, 0) is 17.8 Å². The van der Waals surface area contributed by atoms with E-state index in [1.165, 1.54) is 4.57 Å². The van der Waals surface area contributed by atoms with E-state index in [9.17, 15) is 9.59 Å². The Kier molecular flexibility index (Phi) is 5.15. The normalized spacial score (nSPS) is 11.6. The fourth-order valence-corrected chi connectivity index (χ4v) is 2.83. The molecule has 0 unspecified atom stereocenters. The van der Waals surface area contributed by atoms with E-state index in [1.807, 2.05) is 54.5 Å². The van der Waals surface area contributed by atoms with Crippen molar-refractivity contribution in [3.63, 3.8) is 0 Å². The minimum Gasteiger partial charge on any atom is -0.350 e. The molecule has 0 saturated heterocycles. The fraction of sp³-hybridized carbons (Fsp3) is 0.556. The van der Waals surface area contributed by atoms with Gasteiger partial charge in [0.05, 0.1) is 11.4 Å². The SMILES string of the molecule is CCc1c(C)nc(-n2nc(C)cc2C)n(CC(=O)NC(C)(C)C)c1=O. The number of carbonyl (C=O) groups excluding carboxylic acids is 1. The number of aromatic nitrogens is 4. The smallest absolute Gasteiger partial charge is 0.258 e. The summed E-state index contributed by atoms with van der Waals surface area (Å²) in [7, 11) is 0. The lowest BCUT2D eigenvalue weighted by atomic mass is 10.1. The molecule has 0 radical (unpaired) electrons. The summed E-state index contributed by atoms with van der Waals surface area (Å²) in [6, 6.07) is 1.91. The maximum Gasteiger partial charge on any atom is 0.258 e. The zero-order chi connectivity index (χ0) is 18.9. The van der Waals surface area contributed by atoms with Crippen molar-refractivity contribution in [1.82, 2.24) is 24.6 Å². The average Bonchev–Trinajstić information content (AvgIpc) is 2.79. The highest BCUT2D eigenvalue weighted by atomic mass is 16.2. The van der Waals surface area contributed by atoms with Crippen LogP contribution in [0.5, 0.6) is 0 Å². The molecule has 0 aromatic carbocycles. The van der Waals surface area contributed by atoms with Crippen LogP contribution in [0.3, 0.4) is 0 Å². The molecule has 7 nitrogen and oxygen atoms in total. The molecule has 0 aliphatic carbocycles. The second kappa shape index (κ2) is 6.82. The van der Waals surface area contributed by atoms with Gasteiger partial charge in [-0.25, -0.2) is 9.67 Å². The van der Waals surface area contributed by atoms with Crippen LogP contribution in [0, 0.1) is 20.8 Å². The summed E-state index contributed by atoms with van der Waals surface area (Å²) >= 11 is 0. The molecule has 7 heteroatoms. The number of aryl methyl sites for hydroxylation is 3. The van der Waals surface area contributed by atoms with Crippen molar-refractivity contribution in [3.8, 4) is 5.95 Å². The van der Waals surface area contributed by atoms with Gasteiger partial charge in [-0.05, 0) is 54.0 Å². The molecule has 25 heavy (non-hydrogen) atoms. The van der Waals surface area contributed by atoms with Crippen molar-refractivity contribution >= 4 is 5.91 Å². The van der Waals surface area contributed by atoms with Crippen LogP contribution in [0.4, 0.5) is 0 Å². The van der Waals surface area contributed by atoms with Crippen molar-refractivity contribution in [2.45, 2.75) is 67.0 Å². The first-order valence-electron chi connectivity index (χ1n) is 8.48. The zero-order valence-corrected chi connectivity index (χ0v) is 16.1. The molecule has 0 spiro atoms. The number of amides is 1. The summed E-state index contributed by atoms with van der Waals surface area (Å²) < 4.78 is 3.03. The zero-order valence-electron chi connectivity index (χ0n) is 16.1. The standard InChI is InChI=1S/C18H27N5O2/c1-8-14-13(4)19-17(23-12(3)9-11(2)21-23)22(16(14)25)10-15(24)20-18(5,6)7/h9H,8,10H2,1-7H3,(H,20,24). The van der Waals surface area contributed by atoms with Crippen LogP contribution in [-0.4, -0.2) is 30.8 Å². The van der Waals surface area contributed by atoms with Crippen LogP contribution in [0.1, 0.15) is 50.3 Å². The third-order valence-electron chi connectivity index (χ3n) is 3.82. The average molecular weight is 345 g/mol. The van der Waals surface area contributed by atoms with Crippen molar-refractivity contribution < 1.29 is 4.79 Å². The molecular formula is C18H27N5O2. The second-order valence-electron chi connectivity index (χ2n) is 7.36. The Labute approximate surface area is 148 Å². The van der Waals surface area contributed by atoms with Gasteiger partial charge >= 0.3 is 0 Å². The molecule has 0 aliphatic rings. The molecule has 1 amide bonds. The Morgan fingerprint density at radius 3 is 2.36 bits per heavy atom. The first-order valence-corrected chi connectivity index (χ1v) is 8.48. The number of hydrogen-bond donors (Lipinski definition) is 1. The molecule has 2 aromatic rings. The molecule has 0 fully saturated rings. The molecule has 0 atom stereocenters. The van der Waals surface area contributed by atoms with Gasteiger partial charge in [-0.15, -0.1) is 0 Å². The largest absolute Gasteiger partial charge is 0.350 e. The number of carbonyl (C=O) groups is 1. The fourth-order valence-electron chi connectivity index (χ4n) is 2.83. The Hall–Kier alpha value is -2.44. The van der Waals surface area contributed by atoms with Crippen LogP contribution in [0.2, 0.25) is 0 Å². The van der Waals surface area contributed by atoms with Crippen LogP contribution >= 0.6 is 0 Å². The van der Waals surface area contributed by atoms with E-state index in [4.69, 9.17) is 0 Å². The van der Waals surface area contributed by atoms with E-state index in [0.717, 1.165) is 11.4 Å². The molecule has 2 heterocycles. The van der Waals surface area contributed by atoms with Crippen molar-refractivity contribution in [2.24, 2.45) is 0 Å². The van der Waals surface area contributed by atoms with Crippen molar-refractivity contribution in [3.05, 3.63) is 39.1 Å². The van der Waals surface area contributed by atoms with Crippen molar-refractivity contribution in [1.29, 1.82) is 0 Å². The predicted octanol–water partition coefficient (Wildman–Crippen LogP) is 1.83. The van der Waals surface area contributed by atoms with E-state index in [2.05, 4.69) is 15.4 Å². The molecular weight excluding hydrogens is 318 g/mol. The monoisotopic (exact) mass is 345 g/mol. The maximum absolute atomic E-state index is 12.9. The van der Waals surface area contributed by atoms with Crippen molar-refractivity contribution in [2.75, 3.05) is 0 Å². The number of hydrogen-bond acceptors (Lipinski definition) is 4. The van der Waals surface area contributed by atoms with Gasteiger partial charge in [0.15, 0.2) is 0 Å². The van der Waals surface area contributed by atoms with E-state index in [1.54, 1.807) is 4.68 Å². The summed E-state index contributed by atoms with van der Waals surface area (Å²) in [4.78, 5) is 29.9. The van der Waals surface area contributed by atoms with Gasteiger partial charge in [0.25, 0.3) is 5.56 Å². The van der Waals surface area contributed by atoms with E-state index in [0.29, 0.717) is 23.6 Å². The first-order chi connectivity index (χ1) is 11.5. The summed E-state index contributed by atoms with van der Waals surface area (Å²) in [5.74, 6) is 0.138. The topological polar surface area (TPSA) is 81.8 Å².